The molecule has 2 atom stereocenters. The molecule has 0 radical (unpaired) electrons. The summed E-state index contributed by atoms with van der Waals surface area (Å²) in [6.07, 6.45) is 0. The molecule has 20 heavy (non-hydrogen) atoms. The van der Waals surface area contributed by atoms with Crippen LogP contribution in [0.15, 0.2) is 24.3 Å². The Morgan fingerprint density at radius 2 is 2.25 bits per heavy atom. The third-order valence-electron chi connectivity index (χ3n) is 3.98. The number of hydrogen-bond acceptors (Lipinski definition) is 4. The van der Waals surface area contributed by atoms with Gasteiger partial charge in [-0.2, -0.15) is 0 Å². The van der Waals surface area contributed by atoms with Gasteiger partial charge in [-0.05, 0) is 31.9 Å². The van der Waals surface area contributed by atoms with E-state index in [0.29, 0.717) is 13.2 Å². The number of carbonyl (C=O) groups is 1. The number of piperazine rings is 1. The highest BCUT2D eigenvalue weighted by Crippen LogP contribution is 2.26. The molecule has 0 aromatic heterocycles. The molecule has 0 aliphatic carbocycles. The van der Waals surface area contributed by atoms with Gasteiger partial charge in [0.15, 0.2) is 0 Å². The Labute approximate surface area is 121 Å². The molecule has 4 nitrogen and oxygen atoms in total. The van der Waals surface area contributed by atoms with Crippen molar-refractivity contribution in [3.8, 4) is 0 Å². The lowest BCUT2D eigenvalue weighted by molar-refractivity contribution is -0.151. The first-order chi connectivity index (χ1) is 9.65. The molecule has 0 saturated carbocycles. The smallest absolute Gasteiger partial charge is 0.324 e. The highest BCUT2D eigenvalue weighted by Gasteiger charge is 2.33. The van der Waals surface area contributed by atoms with Crippen LogP contribution in [-0.4, -0.2) is 43.2 Å². The van der Waals surface area contributed by atoms with Crippen LogP contribution in [0.4, 0.5) is 0 Å². The fourth-order valence-electron chi connectivity index (χ4n) is 2.87. The largest absolute Gasteiger partial charge is 0.465 e. The topological polar surface area (TPSA) is 41.6 Å². The number of nitrogens with zero attached hydrogens (tertiary/aromatic N) is 1. The standard InChI is InChI=1S/C16H24N2O2/c1-4-20-16(19)15-11-17-9-10-18(15)13(3)14-8-6-5-7-12(14)2/h5-8,13,15,17H,4,9-11H2,1-3H3. The van der Waals surface area contributed by atoms with Crippen LogP contribution in [0.3, 0.4) is 0 Å². The van der Waals surface area contributed by atoms with Crippen LogP contribution in [0.2, 0.25) is 0 Å². The summed E-state index contributed by atoms with van der Waals surface area (Å²) in [7, 11) is 0. The van der Waals surface area contributed by atoms with Gasteiger partial charge in [0.2, 0.25) is 0 Å². The van der Waals surface area contributed by atoms with E-state index in [9.17, 15) is 4.79 Å². The number of rotatable bonds is 4. The molecule has 0 bridgehead atoms. The van der Waals surface area contributed by atoms with Gasteiger partial charge in [-0.3, -0.25) is 9.69 Å². The van der Waals surface area contributed by atoms with E-state index in [1.165, 1.54) is 11.1 Å². The molecule has 2 unspecified atom stereocenters. The van der Waals surface area contributed by atoms with Crippen molar-refractivity contribution in [2.75, 3.05) is 26.2 Å². The van der Waals surface area contributed by atoms with E-state index in [0.717, 1.165) is 13.1 Å². The molecule has 1 aromatic carbocycles. The average Bonchev–Trinajstić information content (AvgIpc) is 2.47. The van der Waals surface area contributed by atoms with Gasteiger partial charge in [-0.1, -0.05) is 24.3 Å². The molecule has 1 aliphatic heterocycles. The SMILES string of the molecule is CCOC(=O)C1CNCCN1C(C)c1ccccc1C. The molecule has 1 heterocycles. The van der Waals surface area contributed by atoms with Crippen molar-refractivity contribution in [3.05, 3.63) is 35.4 Å². The molecular formula is C16H24N2O2. The lowest BCUT2D eigenvalue weighted by Gasteiger charge is -2.39. The first-order valence-electron chi connectivity index (χ1n) is 7.33. The molecule has 1 saturated heterocycles. The molecule has 1 N–H and O–H groups in total. The Kier molecular flexibility index (Phi) is 5.15. The van der Waals surface area contributed by atoms with Crippen LogP contribution in [0, 0.1) is 6.92 Å². The molecule has 0 spiro atoms. The van der Waals surface area contributed by atoms with Crippen molar-refractivity contribution in [1.29, 1.82) is 0 Å². The third kappa shape index (κ3) is 3.19. The minimum atomic E-state index is -0.196. The van der Waals surface area contributed by atoms with Gasteiger partial charge in [-0.25, -0.2) is 0 Å². The van der Waals surface area contributed by atoms with Crippen molar-refractivity contribution in [2.45, 2.75) is 32.9 Å². The Bertz CT molecular complexity index is 462. The maximum atomic E-state index is 12.1. The van der Waals surface area contributed by atoms with Crippen LogP contribution >= 0.6 is 0 Å². The van der Waals surface area contributed by atoms with E-state index < -0.39 is 0 Å². The van der Waals surface area contributed by atoms with Crippen molar-refractivity contribution in [2.24, 2.45) is 0 Å². The third-order valence-corrected chi connectivity index (χ3v) is 3.98. The molecular weight excluding hydrogens is 252 g/mol. The maximum Gasteiger partial charge on any atom is 0.324 e. The monoisotopic (exact) mass is 276 g/mol. The van der Waals surface area contributed by atoms with Crippen LogP contribution in [-0.2, 0) is 9.53 Å². The summed E-state index contributed by atoms with van der Waals surface area (Å²) in [6, 6.07) is 8.38. The number of hydrogen-bond donors (Lipinski definition) is 1. The molecule has 0 amide bonds. The lowest BCUT2D eigenvalue weighted by atomic mass is 9.99. The number of nitrogens with one attached hydrogen (secondary N) is 1. The minimum absolute atomic E-state index is 0.125. The van der Waals surface area contributed by atoms with Gasteiger partial charge >= 0.3 is 5.97 Å². The van der Waals surface area contributed by atoms with E-state index in [1.807, 2.05) is 13.0 Å². The van der Waals surface area contributed by atoms with Crippen molar-refractivity contribution in [3.63, 3.8) is 0 Å². The Hall–Kier alpha value is -1.39. The quantitative estimate of drug-likeness (QED) is 0.853. The predicted molar refractivity (Wildman–Crippen MR) is 79.6 cm³/mol. The first-order valence-corrected chi connectivity index (χ1v) is 7.33. The Balaban J connectivity index is 2.19. The minimum Gasteiger partial charge on any atom is -0.465 e. The normalized spacial score (nSPS) is 21.4. The average molecular weight is 276 g/mol. The zero-order chi connectivity index (χ0) is 14.5. The molecule has 1 fully saturated rings. The van der Waals surface area contributed by atoms with Crippen molar-refractivity contribution >= 4 is 5.97 Å². The van der Waals surface area contributed by atoms with Crippen LogP contribution in [0.5, 0.6) is 0 Å². The summed E-state index contributed by atoms with van der Waals surface area (Å²) in [6.45, 7) is 9.00. The highest BCUT2D eigenvalue weighted by molar-refractivity contribution is 5.76. The van der Waals surface area contributed by atoms with Crippen LogP contribution in [0.1, 0.15) is 31.0 Å². The summed E-state index contributed by atoms with van der Waals surface area (Å²) >= 11 is 0. The summed E-state index contributed by atoms with van der Waals surface area (Å²) in [5.74, 6) is -0.125. The summed E-state index contributed by atoms with van der Waals surface area (Å²) in [5, 5.41) is 3.28. The number of esters is 1. The van der Waals surface area contributed by atoms with Gasteiger partial charge in [0, 0.05) is 25.7 Å². The Morgan fingerprint density at radius 1 is 1.50 bits per heavy atom. The zero-order valence-corrected chi connectivity index (χ0v) is 12.6. The fraction of sp³-hybridized carbons (Fsp3) is 0.562. The van der Waals surface area contributed by atoms with Gasteiger partial charge in [0.25, 0.3) is 0 Å². The maximum absolute atomic E-state index is 12.1. The van der Waals surface area contributed by atoms with Crippen molar-refractivity contribution in [1.82, 2.24) is 10.2 Å². The van der Waals surface area contributed by atoms with Gasteiger partial charge in [0.1, 0.15) is 6.04 Å². The second kappa shape index (κ2) is 6.86. The van der Waals surface area contributed by atoms with Gasteiger partial charge in [0.05, 0.1) is 6.61 Å². The van der Waals surface area contributed by atoms with E-state index >= 15 is 0 Å². The molecule has 2 rings (SSSR count). The van der Waals surface area contributed by atoms with E-state index in [1.54, 1.807) is 0 Å². The number of carbonyl (C=O) groups excluding carboxylic acids is 1. The van der Waals surface area contributed by atoms with Gasteiger partial charge < -0.3 is 10.1 Å². The van der Waals surface area contributed by atoms with E-state index in [4.69, 9.17) is 4.74 Å². The predicted octanol–water partition coefficient (Wildman–Crippen LogP) is 1.89. The molecule has 1 aliphatic rings. The van der Waals surface area contributed by atoms with E-state index in [2.05, 4.69) is 42.3 Å². The summed E-state index contributed by atoms with van der Waals surface area (Å²) < 4.78 is 5.21. The molecule has 110 valence electrons. The number of benzene rings is 1. The van der Waals surface area contributed by atoms with Crippen LogP contribution < -0.4 is 5.32 Å². The first kappa shape index (κ1) is 15.0. The lowest BCUT2D eigenvalue weighted by Crippen LogP contribution is -2.56. The summed E-state index contributed by atoms with van der Waals surface area (Å²) in [5.41, 5.74) is 2.55. The molecule has 1 aromatic rings. The van der Waals surface area contributed by atoms with Crippen LogP contribution in [0.25, 0.3) is 0 Å². The highest BCUT2D eigenvalue weighted by atomic mass is 16.5. The zero-order valence-electron chi connectivity index (χ0n) is 12.6. The summed E-state index contributed by atoms with van der Waals surface area (Å²) in [4.78, 5) is 14.4. The Morgan fingerprint density at radius 3 is 2.95 bits per heavy atom. The number of ether oxygens (including phenoxy) is 1. The second-order valence-electron chi connectivity index (χ2n) is 5.24. The number of aryl methyl sites for hydroxylation is 1. The second-order valence-corrected chi connectivity index (χ2v) is 5.24. The fourth-order valence-corrected chi connectivity index (χ4v) is 2.87. The van der Waals surface area contributed by atoms with Crippen molar-refractivity contribution < 1.29 is 9.53 Å². The van der Waals surface area contributed by atoms with Gasteiger partial charge in [-0.15, -0.1) is 0 Å². The molecule has 4 heteroatoms. The van der Waals surface area contributed by atoms with E-state index in [-0.39, 0.29) is 18.1 Å².